The van der Waals surface area contributed by atoms with Crippen molar-refractivity contribution >= 4 is 0 Å². The first kappa shape index (κ1) is 11.1. The smallest absolute Gasteiger partial charge is 0.124 e. The number of benzene rings is 1. The van der Waals surface area contributed by atoms with E-state index in [-0.39, 0.29) is 0 Å². The molecule has 78 valence electrons. The van der Waals surface area contributed by atoms with Gasteiger partial charge in [-0.3, -0.25) is 0 Å². The summed E-state index contributed by atoms with van der Waals surface area (Å²) in [5.74, 6) is 1.47. The van der Waals surface area contributed by atoms with E-state index in [1.807, 2.05) is 24.3 Å². The van der Waals surface area contributed by atoms with Gasteiger partial charge >= 0.3 is 0 Å². The van der Waals surface area contributed by atoms with Gasteiger partial charge in [0.1, 0.15) is 5.75 Å². The highest BCUT2D eigenvalue weighted by Gasteiger charge is 2.01. The second-order valence-corrected chi connectivity index (χ2v) is 3.72. The minimum atomic E-state index is 0.574. The third-order valence-corrected chi connectivity index (χ3v) is 1.90. The van der Waals surface area contributed by atoms with Crippen LogP contribution in [0.1, 0.15) is 19.4 Å². The summed E-state index contributed by atoms with van der Waals surface area (Å²) in [5.41, 5.74) is 1.11. The molecule has 2 heteroatoms. The summed E-state index contributed by atoms with van der Waals surface area (Å²) in [4.78, 5) is 0. The Hall–Kier alpha value is -1.02. The molecule has 1 aromatic carbocycles. The number of ether oxygens (including phenoxy) is 2. The van der Waals surface area contributed by atoms with E-state index in [4.69, 9.17) is 9.47 Å². The molecule has 2 nitrogen and oxygen atoms in total. The van der Waals surface area contributed by atoms with Crippen LogP contribution in [0.2, 0.25) is 0 Å². The van der Waals surface area contributed by atoms with Crippen molar-refractivity contribution < 1.29 is 9.47 Å². The molecule has 0 heterocycles. The summed E-state index contributed by atoms with van der Waals surface area (Å²) < 4.78 is 10.8. The van der Waals surface area contributed by atoms with Gasteiger partial charge in [-0.05, 0) is 12.0 Å². The first-order chi connectivity index (χ1) is 6.74. The topological polar surface area (TPSA) is 18.5 Å². The van der Waals surface area contributed by atoms with Gasteiger partial charge in [-0.2, -0.15) is 0 Å². The van der Waals surface area contributed by atoms with Gasteiger partial charge in [-0.15, -0.1) is 0 Å². The second kappa shape index (κ2) is 5.66. The Morgan fingerprint density at radius 3 is 2.57 bits per heavy atom. The van der Waals surface area contributed by atoms with Crippen LogP contribution < -0.4 is 4.74 Å². The van der Waals surface area contributed by atoms with Crippen molar-refractivity contribution in [3.05, 3.63) is 29.8 Å². The average molecular weight is 194 g/mol. The summed E-state index contributed by atoms with van der Waals surface area (Å²) in [5, 5.41) is 0. The molecule has 0 amide bonds. The highest BCUT2D eigenvalue weighted by atomic mass is 16.5. The maximum absolute atomic E-state index is 5.54. The number of hydrogen-bond acceptors (Lipinski definition) is 2. The summed E-state index contributed by atoms with van der Waals surface area (Å²) in [7, 11) is 1.68. The van der Waals surface area contributed by atoms with Crippen molar-refractivity contribution in [3.63, 3.8) is 0 Å². The highest BCUT2D eigenvalue weighted by molar-refractivity contribution is 5.32. The number of para-hydroxylation sites is 1. The van der Waals surface area contributed by atoms with Crippen LogP contribution in [0.25, 0.3) is 0 Å². The predicted octanol–water partition coefficient (Wildman–Crippen LogP) is 2.87. The maximum Gasteiger partial charge on any atom is 0.124 e. The molecule has 0 unspecified atom stereocenters. The van der Waals surface area contributed by atoms with Crippen molar-refractivity contribution in [2.24, 2.45) is 5.92 Å². The largest absolute Gasteiger partial charge is 0.496 e. The van der Waals surface area contributed by atoms with Gasteiger partial charge in [0.15, 0.2) is 0 Å². The molecule has 0 saturated carbocycles. The minimum Gasteiger partial charge on any atom is -0.496 e. The lowest BCUT2D eigenvalue weighted by molar-refractivity contribution is 0.0955. The summed E-state index contributed by atoms with van der Waals surface area (Å²) >= 11 is 0. The molecule has 1 rings (SSSR count). The Bertz CT molecular complexity index is 269. The van der Waals surface area contributed by atoms with Gasteiger partial charge in [-0.25, -0.2) is 0 Å². The van der Waals surface area contributed by atoms with Crippen molar-refractivity contribution in [2.75, 3.05) is 13.7 Å². The third-order valence-electron chi connectivity index (χ3n) is 1.90. The van der Waals surface area contributed by atoms with Crippen LogP contribution in [-0.2, 0) is 11.3 Å². The summed E-state index contributed by atoms with van der Waals surface area (Å²) in [6, 6.07) is 7.94. The molecule has 1 aromatic rings. The van der Waals surface area contributed by atoms with Crippen LogP contribution in [0.15, 0.2) is 24.3 Å². The standard InChI is InChI=1S/C12H18O2/c1-10(2)8-14-9-11-6-4-5-7-12(11)13-3/h4-7,10H,8-9H2,1-3H3. The summed E-state index contributed by atoms with van der Waals surface area (Å²) in [6.45, 7) is 5.70. The third kappa shape index (κ3) is 3.38. The Morgan fingerprint density at radius 2 is 1.93 bits per heavy atom. The lowest BCUT2D eigenvalue weighted by Crippen LogP contribution is -2.02. The summed E-state index contributed by atoms with van der Waals surface area (Å²) in [6.07, 6.45) is 0. The van der Waals surface area contributed by atoms with E-state index in [1.54, 1.807) is 7.11 Å². The Balaban J connectivity index is 2.49. The van der Waals surface area contributed by atoms with Crippen LogP contribution in [-0.4, -0.2) is 13.7 Å². The van der Waals surface area contributed by atoms with Crippen LogP contribution >= 0.6 is 0 Å². The first-order valence-electron chi connectivity index (χ1n) is 4.93. The fraction of sp³-hybridized carbons (Fsp3) is 0.500. The van der Waals surface area contributed by atoms with Crippen molar-refractivity contribution in [2.45, 2.75) is 20.5 Å². The number of methoxy groups -OCH3 is 1. The van der Waals surface area contributed by atoms with E-state index >= 15 is 0 Å². The fourth-order valence-corrected chi connectivity index (χ4v) is 1.23. The zero-order valence-electron chi connectivity index (χ0n) is 9.12. The lowest BCUT2D eigenvalue weighted by atomic mass is 10.2. The second-order valence-electron chi connectivity index (χ2n) is 3.72. The normalized spacial score (nSPS) is 10.6. The lowest BCUT2D eigenvalue weighted by Gasteiger charge is -2.10. The maximum atomic E-state index is 5.54. The molecular formula is C12H18O2. The van der Waals surface area contributed by atoms with E-state index in [0.29, 0.717) is 12.5 Å². The molecule has 0 spiro atoms. The van der Waals surface area contributed by atoms with E-state index < -0.39 is 0 Å². The molecule has 0 atom stereocenters. The quantitative estimate of drug-likeness (QED) is 0.717. The van der Waals surface area contributed by atoms with Crippen LogP contribution in [0.3, 0.4) is 0 Å². The van der Waals surface area contributed by atoms with E-state index in [1.165, 1.54) is 0 Å². The molecular weight excluding hydrogens is 176 g/mol. The van der Waals surface area contributed by atoms with Crippen molar-refractivity contribution in [1.29, 1.82) is 0 Å². The molecule has 0 aliphatic carbocycles. The molecule has 0 aromatic heterocycles. The first-order valence-corrected chi connectivity index (χ1v) is 4.93. The van der Waals surface area contributed by atoms with Crippen LogP contribution in [0, 0.1) is 5.92 Å². The molecule has 0 bridgehead atoms. The number of hydrogen-bond donors (Lipinski definition) is 0. The SMILES string of the molecule is COc1ccccc1COCC(C)C. The number of rotatable bonds is 5. The van der Waals surface area contributed by atoms with E-state index in [0.717, 1.165) is 17.9 Å². The van der Waals surface area contributed by atoms with Gasteiger partial charge in [0.05, 0.1) is 13.7 Å². The monoisotopic (exact) mass is 194 g/mol. The van der Waals surface area contributed by atoms with Crippen LogP contribution in [0.5, 0.6) is 5.75 Å². The van der Waals surface area contributed by atoms with Gasteiger partial charge in [0.25, 0.3) is 0 Å². The van der Waals surface area contributed by atoms with Gasteiger partial charge in [-0.1, -0.05) is 32.0 Å². The molecule has 0 N–H and O–H groups in total. The van der Waals surface area contributed by atoms with Crippen LogP contribution in [0.4, 0.5) is 0 Å². The van der Waals surface area contributed by atoms with Crippen molar-refractivity contribution in [1.82, 2.24) is 0 Å². The van der Waals surface area contributed by atoms with Gasteiger partial charge in [0.2, 0.25) is 0 Å². The van der Waals surface area contributed by atoms with E-state index in [2.05, 4.69) is 13.8 Å². The van der Waals surface area contributed by atoms with Gasteiger partial charge in [0, 0.05) is 12.2 Å². The zero-order chi connectivity index (χ0) is 10.4. The molecule has 0 saturated heterocycles. The fourth-order valence-electron chi connectivity index (χ4n) is 1.23. The van der Waals surface area contributed by atoms with E-state index in [9.17, 15) is 0 Å². The Kier molecular flexibility index (Phi) is 4.47. The average Bonchev–Trinajstić information content (AvgIpc) is 2.18. The zero-order valence-corrected chi connectivity index (χ0v) is 9.12. The molecule has 0 radical (unpaired) electrons. The highest BCUT2D eigenvalue weighted by Crippen LogP contribution is 2.18. The Labute approximate surface area is 85.8 Å². The predicted molar refractivity (Wildman–Crippen MR) is 57.5 cm³/mol. The molecule has 0 aliphatic heterocycles. The molecule has 0 aliphatic rings. The Morgan fingerprint density at radius 1 is 1.21 bits per heavy atom. The minimum absolute atomic E-state index is 0.574. The van der Waals surface area contributed by atoms with Gasteiger partial charge < -0.3 is 9.47 Å². The molecule has 14 heavy (non-hydrogen) atoms. The molecule has 0 fully saturated rings. The van der Waals surface area contributed by atoms with Crippen molar-refractivity contribution in [3.8, 4) is 5.75 Å².